The van der Waals surface area contributed by atoms with E-state index in [4.69, 9.17) is 4.74 Å². The van der Waals surface area contributed by atoms with Crippen molar-refractivity contribution in [2.24, 2.45) is 0 Å². The molecule has 0 aliphatic carbocycles. The van der Waals surface area contributed by atoms with E-state index in [0.29, 0.717) is 17.0 Å². The van der Waals surface area contributed by atoms with E-state index in [0.717, 1.165) is 5.56 Å². The molecule has 0 unspecified atom stereocenters. The Hall–Kier alpha value is -2.45. The van der Waals surface area contributed by atoms with Crippen LogP contribution in [0.15, 0.2) is 41.3 Å². The third-order valence-corrected chi connectivity index (χ3v) is 5.34. The first-order chi connectivity index (χ1) is 12.6. The average Bonchev–Trinajstić information content (AvgIpc) is 2.56. The second kappa shape index (κ2) is 8.49. The molecule has 27 heavy (non-hydrogen) atoms. The summed E-state index contributed by atoms with van der Waals surface area (Å²) >= 11 is 0. The van der Waals surface area contributed by atoms with Gasteiger partial charge in [-0.3, -0.25) is 4.79 Å². The van der Waals surface area contributed by atoms with E-state index in [9.17, 15) is 17.6 Å². The lowest BCUT2D eigenvalue weighted by Crippen LogP contribution is -2.30. The van der Waals surface area contributed by atoms with Crippen LogP contribution in [0.5, 0.6) is 5.75 Å². The molecule has 0 spiro atoms. The highest BCUT2D eigenvalue weighted by molar-refractivity contribution is 7.89. The van der Waals surface area contributed by atoms with Gasteiger partial charge in [0.1, 0.15) is 11.6 Å². The number of hydrogen-bond donors (Lipinski definition) is 2. The maximum Gasteiger partial charge on any atom is 0.262 e. The maximum atomic E-state index is 13.3. The smallest absolute Gasteiger partial charge is 0.262 e. The van der Waals surface area contributed by atoms with Crippen LogP contribution in [-0.4, -0.2) is 27.0 Å². The minimum absolute atomic E-state index is 0.126. The number of carbonyl (C=O) groups is 1. The molecule has 8 heteroatoms. The van der Waals surface area contributed by atoms with Gasteiger partial charge in [-0.05, 0) is 69.2 Å². The van der Waals surface area contributed by atoms with Crippen LogP contribution in [0.3, 0.4) is 0 Å². The molecule has 0 radical (unpaired) electrons. The minimum Gasteiger partial charge on any atom is -0.483 e. The molecule has 0 aliphatic rings. The van der Waals surface area contributed by atoms with E-state index < -0.39 is 21.7 Å². The number of halogens is 1. The number of benzene rings is 2. The minimum atomic E-state index is -3.60. The Bertz CT molecular complexity index is 943. The molecular formula is C19H23FN2O4S. The van der Waals surface area contributed by atoms with Crippen molar-refractivity contribution < 1.29 is 22.3 Å². The topological polar surface area (TPSA) is 84.5 Å². The number of nitrogens with one attached hydrogen (secondary N) is 2. The van der Waals surface area contributed by atoms with E-state index in [1.54, 1.807) is 33.8 Å². The quantitative estimate of drug-likeness (QED) is 0.756. The van der Waals surface area contributed by atoms with E-state index in [1.165, 1.54) is 30.3 Å². The number of anilines is 1. The van der Waals surface area contributed by atoms with Crippen molar-refractivity contribution in [1.82, 2.24) is 4.72 Å². The molecule has 2 N–H and O–H groups in total. The molecule has 0 bridgehead atoms. The zero-order valence-corrected chi connectivity index (χ0v) is 16.5. The molecule has 1 amide bonds. The molecule has 0 fully saturated rings. The van der Waals surface area contributed by atoms with Crippen molar-refractivity contribution >= 4 is 21.6 Å². The van der Waals surface area contributed by atoms with Crippen LogP contribution in [0.4, 0.5) is 10.1 Å². The fourth-order valence-corrected chi connectivity index (χ4v) is 3.72. The Morgan fingerprint density at radius 1 is 1.11 bits per heavy atom. The first-order valence-electron chi connectivity index (χ1n) is 8.40. The second-order valence-electron chi connectivity index (χ2n) is 6.50. The lowest BCUT2D eigenvalue weighted by atomic mass is 10.2. The van der Waals surface area contributed by atoms with Gasteiger partial charge in [-0.1, -0.05) is 6.07 Å². The first-order valence-corrected chi connectivity index (χ1v) is 9.88. The SMILES string of the molecule is Cc1ccc(F)cc1NC(=O)COc1ccc(S(=O)(=O)NC(C)C)cc1C. The number of rotatable bonds is 7. The summed E-state index contributed by atoms with van der Waals surface area (Å²) in [7, 11) is -3.60. The van der Waals surface area contributed by atoms with Gasteiger partial charge in [0.25, 0.3) is 5.91 Å². The van der Waals surface area contributed by atoms with Gasteiger partial charge in [0, 0.05) is 11.7 Å². The van der Waals surface area contributed by atoms with E-state index in [-0.39, 0.29) is 17.5 Å². The molecule has 6 nitrogen and oxygen atoms in total. The van der Waals surface area contributed by atoms with Gasteiger partial charge in [0.05, 0.1) is 4.90 Å². The highest BCUT2D eigenvalue weighted by Gasteiger charge is 2.17. The third-order valence-electron chi connectivity index (χ3n) is 3.68. The van der Waals surface area contributed by atoms with E-state index in [2.05, 4.69) is 10.0 Å². The van der Waals surface area contributed by atoms with Crippen LogP contribution in [0.2, 0.25) is 0 Å². The van der Waals surface area contributed by atoms with E-state index in [1.807, 2.05) is 0 Å². The second-order valence-corrected chi connectivity index (χ2v) is 8.21. The Labute approximate surface area is 158 Å². The zero-order valence-electron chi connectivity index (χ0n) is 15.7. The predicted molar refractivity (Wildman–Crippen MR) is 102 cm³/mol. The molecule has 2 aromatic carbocycles. The molecule has 0 saturated carbocycles. The Morgan fingerprint density at radius 3 is 2.44 bits per heavy atom. The van der Waals surface area contributed by atoms with Gasteiger partial charge < -0.3 is 10.1 Å². The monoisotopic (exact) mass is 394 g/mol. The van der Waals surface area contributed by atoms with Gasteiger partial charge in [-0.25, -0.2) is 17.5 Å². The first kappa shape index (κ1) is 20.9. The summed E-state index contributed by atoms with van der Waals surface area (Å²) in [4.78, 5) is 12.2. The number of aryl methyl sites for hydroxylation is 2. The highest BCUT2D eigenvalue weighted by Crippen LogP contribution is 2.22. The molecule has 2 rings (SSSR count). The Kier molecular flexibility index (Phi) is 6.56. The lowest BCUT2D eigenvalue weighted by molar-refractivity contribution is -0.118. The summed E-state index contributed by atoms with van der Waals surface area (Å²) in [5.74, 6) is -0.495. The molecule has 0 atom stereocenters. The van der Waals surface area contributed by atoms with Crippen molar-refractivity contribution in [3.8, 4) is 5.75 Å². The highest BCUT2D eigenvalue weighted by atomic mass is 32.2. The molecule has 0 aliphatic heterocycles. The third kappa shape index (κ3) is 5.77. The lowest BCUT2D eigenvalue weighted by Gasteiger charge is -2.13. The van der Waals surface area contributed by atoms with Gasteiger partial charge in [-0.15, -0.1) is 0 Å². The van der Waals surface area contributed by atoms with Crippen molar-refractivity contribution in [1.29, 1.82) is 0 Å². The van der Waals surface area contributed by atoms with Crippen LogP contribution in [0.1, 0.15) is 25.0 Å². The Morgan fingerprint density at radius 2 is 1.81 bits per heavy atom. The molecule has 0 saturated heterocycles. The summed E-state index contributed by atoms with van der Waals surface area (Å²) in [5.41, 5.74) is 1.69. The summed E-state index contributed by atoms with van der Waals surface area (Å²) in [6.45, 7) is 6.64. The standard InChI is InChI=1S/C19H23FN2O4S/c1-12(2)22-27(24,25)16-7-8-18(14(4)9-16)26-11-19(23)21-17-10-15(20)6-5-13(17)3/h5-10,12,22H,11H2,1-4H3,(H,21,23). The van der Waals surface area contributed by atoms with Crippen LogP contribution in [-0.2, 0) is 14.8 Å². The largest absolute Gasteiger partial charge is 0.483 e. The van der Waals surface area contributed by atoms with Crippen molar-refractivity contribution in [2.45, 2.75) is 38.6 Å². The number of ether oxygens (including phenoxy) is 1. The van der Waals surface area contributed by atoms with Crippen LogP contribution in [0, 0.1) is 19.7 Å². The van der Waals surface area contributed by atoms with Crippen LogP contribution < -0.4 is 14.8 Å². The van der Waals surface area contributed by atoms with Crippen LogP contribution in [0.25, 0.3) is 0 Å². The number of sulfonamides is 1. The van der Waals surface area contributed by atoms with Crippen molar-refractivity contribution in [3.63, 3.8) is 0 Å². The molecule has 0 heterocycles. The maximum absolute atomic E-state index is 13.3. The molecular weight excluding hydrogens is 371 g/mol. The van der Waals surface area contributed by atoms with Gasteiger partial charge in [-0.2, -0.15) is 0 Å². The van der Waals surface area contributed by atoms with Gasteiger partial charge in [0.2, 0.25) is 10.0 Å². The fourth-order valence-electron chi connectivity index (χ4n) is 2.39. The molecule has 0 aromatic heterocycles. The molecule has 146 valence electrons. The Balaban J connectivity index is 2.04. The predicted octanol–water partition coefficient (Wildman–Crippen LogP) is 3.15. The number of hydrogen-bond acceptors (Lipinski definition) is 4. The molecule has 2 aromatic rings. The van der Waals surface area contributed by atoms with Crippen molar-refractivity contribution in [2.75, 3.05) is 11.9 Å². The zero-order chi connectivity index (χ0) is 20.2. The summed E-state index contributed by atoms with van der Waals surface area (Å²) in [6, 6.07) is 8.30. The number of carbonyl (C=O) groups excluding carboxylic acids is 1. The average molecular weight is 394 g/mol. The van der Waals surface area contributed by atoms with Gasteiger partial charge in [0.15, 0.2) is 6.61 Å². The summed E-state index contributed by atoms with van der Waals surface area (Å²) < 4.78 is 45.6. The summed E-state index contributed by atoms with van der Waals surface area (Å²) in [5, 5.41) is 2.59. The van der Waals surface area contributed by atoms with Crippen molar-refractivity contribution in [3.05, 3.63) is 53.3 Å². The van der Waals surface area contributed by atoms with Gasteiger partial charge >= 0.3 is 0 Å². The normalized spacial score (nSPS) is 11.5. The summed E-state index contributed by atoms with van der Waals surface area (Å²) in [6.07, 6.45) is 0. The fraction of sp³-hybridized carbons (Fsp3) is 0.316. The number of amides is 1. The van der Waals surface area contributed by atoms with Crippen LogP contribution >= 0.6 is 0 Å². The van der Waals surface area contributed by atoms with E-state index >= 15 is 0 Å².